The quantitative estimate of drug-likeness (QED) is 0.458. The Bertz CT molecular complexity index is 599. The second-order valence-electron chi connectivity index (χ2n) is 5.98. The lowest BCUT2D eigenvalue weighted by Gasteiger charge is -2.32. The average Bonchev–Trinajstić information content (AvgIpc) is 2.79. The van der Waals surface area contributed by atoms with Crippen LogP contribution in [0.2, 0.25) is 6.32 Å². The number of carboxylic acids is 1. The predicted molar refractivity (Wildman–Crippen MR) is 84.1 cm³/mol. The SMILES string of the molecule is CN[C@@]1(C(=O)O)c2cc(CN)c(F)cc2C[C@@H]1CCCB(O)O. The molecular formula is C15H22BFN2O4. The molecule has 0 radical (unpaired) electrons. The number of benzene rings is 1. The smallest absolute Gasteiger partial charge is 0.451 e. The molecule has 0 unspecified atom stereocenters. The number of fused-ring (bicyclic) bond motifs is 1. The molecule has 2 rings (SSSR count). The van der Waals surface area contributed by atoms with Crippen molar-refractivity contribution in [2.45, 2.75) is 37.7 Å². The summed E-state index contributed by atoms with van der Waals surface area (Å²) in [6.45, 7) is -0.000101. The number of hydrogen-bond acceptors (Lipinski definition) is 5. The first-order valence-corrected chi connectivity index (χ1v) is 7.67. The van der Waals surface area contributed by atoms with Crippen molar-refractivity contribution >= 4 is 13.1 Å². The summed E-state index contributed by atoms with van der Waals surface area (Å²) in [6, 6.07) is 2.91. The fourth-order valence-corrected chi connectivity index (χ4v) is 3.59. The van der Waals surface area contributed by atoms with Gasteiger partial charge >= 0.3 is 13.1 Å². The standard InChI is InChI=1S/C15H22BFN2O4/c1-19-15(14(20)21)11(3-2-4-16(22)23)5-9-7-13(17)10(8-18)6-12(9)15/h6-7,11,19,22-23H,2-5,8,18H2,1H3,(H,20,21)/t11-,15+/m0/s1. The molecule has 6 nitrogen and oxygen atoms in total. The molecule has 0 aliphatic heterocycles. The van der Waals surface area contributed by atoms with Crippen LogP contribution >= 0.6 is 0 Å². The molecule has 8 heteroatoms. The zero-order valence-corrected chi connectivity index (χ0v) is 13.1. The molecule has 0 heterocycles. The molecule has 6 N–H and O–H groups in total. The van der Waals surface area contributed by atoms with Crippen LogP contribution in [0.4, 0.5) is 4.39 Å². The van der Waals surface area contributed by atoms with Crippen molar-refractivity contribution in [1.29, 1.82) is 0 Å². The molecule has 0 fully saturated rings. The van der Waals surface area contributed by atoms with Crippen LogP contribution in [-0.4, -0.2) is 35.3 Å². The summed E-state index contributed by atoms with van der Waals surface area (Å²) in [5.74, 6) is -1.75. The van der Waals surface area contributed by atoms with Crippen LogP contribution in [-0.2, 0) is 23.3 Å². The summed E-state index contributed by atoms with van der Waals surface area (Å²) in [4.78, 5) is 12.0. The van der Waals surface area contributed by atoms with Crippen molar-refractivity contribution in [1.82, 2.24) is 5.32 Å². The van der Waals surface area contributed by atoms with E-state index in [4.69, 9.17) is 15.8 Å². The van der Waals surface area contributed by atoms with Crippen molar-refractivity contribution in [2.24, 2.45) is 11.7 Å². The first-order chi connectivity index (χ1) is 10.9. The Morgan fingerprint density at radius 2 is 2.22 bits per heavy atom. The summed E-state index contributed by atoms with van der Waals surface area (Å²) < 4.78 is 14.0. The predicted octanol–water partition coefficient (Wildman–Crippen LogP) is 0.209. The Morgan fingerprint density at radius 3 is 2.74 bits per heavy atom. The molecule has 1 aromatic rings. The van der Waals surface area contributed by atoms with E-state index in [1.807, 2.05) is 0 Å². The van der Waals surface area contributed by atoms with E-state index in [0.717, 1.165) is 0 Å². The second-order valence-corrected chi connectivity index (χ2v) is 5.98. The Hall–Kier alpha value is -1.48. The number of halogens is 1. The van der Waals surface area contributed by atoms with E-state index in [1.54, 1.807) is 7.05 Å². The van der Waals surface area contributed by atoms with Gasteiger partial charge in [-0.2, -0.15) is 0 Å². The van der Waals surface area contributed by atoms with Crippen LogP contribution in [0.3, 0.4) is 0 Å². The number of hydrogen-bond donors (Lipinski definition) is 5. The molecule has 0 saturated heterocycles. The van der Waals surface area contributed by atoms with Gasteiger partial charge in [0.1, 0.15) is 11.4 Å². The zero-order chi connectivity index (χ0) is 17.2. The molecule has 1 aliphatic rings. The average molecular weight is 324 g/mol. The molecule has 0 amide bonds. The van der Waals surface area contributed by atoms with Gasteiger partial charge in [-0.05, 0) is 55.4 Å². The number of carboxylic acid groups (broad SMARTS) is 1. The van der Waals surface area contributed by atoms with E-state index in [1.165, 1.54) is 12.1 Å². The summed E-state index contributed by atoms with van der Waals surface area (Å²) in [7, 11) is 0.164. The highest BCUT2D eigenvalue weighted by atomic mass is 19.1. The number of aliphatic carboxylic acids is 1. The molecule has 126 valence electrons. The van der Waals surface area contributed by atoms with Crippen LogP contribution in [0, 0.1) is 11.7 Å². The molecule has 0 saturated carbocycles. The lowest BCUT2D eigenvalue weighted by Crippen LogP contribution is -2.51. The van der Waals surface area contributed by atoms with E-state index in [2.05, 4.69) is 5.32 Å². The van der Waals surface area contributed by atoms with Gasteiger partial charge in [0, 0.05) is 12.1 Å². The van der Waals surface area contributed by atoms with Gasteiger partial charge in [-0.1, -0.05) is 6.42 Å². The van der Waals surface area contributed by atoms with Crippen LogP contribution in [0.25, 0.3) is 0 Å². The first-order valence-electron chi connectivity index (χ1n) is 7.67. The normalized spacial score (nSPS) is 22.9. The minimum absolute atomic E-state index is 0.000101. The molecule has 0 spiro atoms. The van der Waals surface area contributed by atoms with Gasteiger partial charge in [-0.3, -0.25) is 0 Å². The lowest BCUT2D eigenvalue weighted by atomic mass is 9.77. The second kappa shape index (κ2) is 6.96. The van der Waals surface area contributed by atoms with E-state index in [-0.39, 0.29) is 24.3 Å². The molecule has 0 bridgehead atoms. The molecule has 23 heavy (non-hydrogen) atoms. The van der Waals surface area contributed by atoms with Crippen molar-refractivity contribution in [2.75, 3.05) is 7.05 Å². The minimum Gasteiger partial charge on any atom is -0.480 e. The summed E-state index contributed by atoms with van der Waals surface area (Å²) in [5.41, 5.74) is 5.72. The lowest BCUT2D eigenvalue weighted by molar-refractivity contribution is -0.147. The Morgan fingerprint density at radius 1 is 1.52 bits per heavy atom. The van der Waals surface area contributed by atoms with E-state index < -0.39 is 24.4 Å². The summed E-state index contributed by atoms with van der Waals surface area (Å²) in [6.07, 6.45) is 1.55. The Labute approximate surface area is 134 Å². The van der Waals surface area contributed by atoms with Gasteiger partial charge < -0.3 is 26.2 Å². The molecule has 0 aromatic heterocycles. The van der Waals surface area contributed by atoms with E-state index >= 15 is 0 Å². The number of rotatable bonds is 7. The van der Waals surface area contributed by atoms with Crippen molar-refractivity contribution in [3.63, 3.8) is 0 Å². The van der Waals surface area contributed by atoms with Crippen LogP contribution < -0.4 is 11.1 Å². The Balaban J connectivity index is 2.41. The maximum absolute atomic E-state index is 14.0. The molecular weight excluding hydrogens is 302 g/mol. The van der Waals surface area contributed by atoms with E-state index in [9.17, 15) is 14.3 Å². The maximum atomic E-state index is 14.0. The topological polar surface area (TPSA) is 116 Å². The van der Waals surface area contributed by atoms with Gasteiger partial charge in [0.2, 0.25) is 0 Å². The number of carbonyl (C=O) groups is 1. The number of likely N-dealkylation sites (N-methyl/N-ethyl adjacent to an activating group) is 1. The first kappa shape index (κ1) is 17.9. The number of nitrogens with one attached hydrogen (secondary N) is 1. The largest absolute Gasteiger partial charge is 0.480 e. The highest BCUT2D eigenvalue weighted by molar-refractivity contribution is 6.40. The van der Waals surface area contributed by atoms with Gasteiger partial charge in [0.25, 0.3) is 0 Å². The van der Waals surface area contributed by atoms with Crippen molar-refractivity contribution in [3.05, 3.63) is 34.6 Å². The van der Waals surface area contributed by atoms with E-state index in [0.29, 0.717) is 30.4 Å². The van der Waals surface area contributed by atoms with Gasteiger partial charge in [-0.15, -0.1) is 0 Å². The third-order valence-electron chi connectivity index (χ3n) is 4.74. The third-order valence-corrected chi connectivity index (χ3v) is 4.74. The summed E-state index contributed by atoms with van der Waals surface area (Å²) in [5, 5.41) is 30.7. The van der Waals surface area contributed by atoms with Crippen LogP contribution in [0.1, 0.15) is 29.5 Å². The fourth-order valence-electron chi connectivity index (χ4n) is 3.59. The van der Waals surface area contributed by atoms with Gasteiger partial charge in [0.15, 0.2) is 0 Å². The van der Waals surface area contributed by atoms with Gasteiger partial charge in [-0.25, -0.2) is 9.18 Å². The van der Waals surface area contributed by atoms with Crippen LogP contribution in [0.5, 0.6) is 0 Å². The van der Waals surface area contributed by atoms with Crippen molar-refractivity contribution < 1.29 is 24.3 Å². The minimum atomic E-state index is -1.41. The molecule has 1 aromatic carbocycles. The maximum Gasteiger partial charge on any atom is 0.451 e. The van der Waals surface area contributed by atoms with Gasteiger partial charge in [0.05, 0.1) is 0 Å². The van der Waals surface area contributed by atoms with Crippen LogP contribution in [0.15, 0.2) is 12.1 Å². The summed E-state index contributed by atoms with van der Waals surface area (Å²) >= 11 is 0. The number of nitrogens with two attached hydrogens (primary N) is 1. The molecule has 1 aliphatic carbocycles. The fraction of sp³-hybridized carbons (Fsp3) is 0.533. The Kier molecular flexibility index (Phi) is 5.41. The molecule has 2 atom stereocenters. The third kappa shape index (κ3) is 3.12. The highest BCUT2D eigenvalue weighted by Gasteiger charge is 2.51. The highest BCUT2D eigenvalue weighted by Crippen LogP contribution is 2.45. The zero-order valence-electron chi connectivity index (χ0n) is 13.1. The monoisotopic (exact) mass is 324 g/mol. The van der Waals surface area contributed by atoms with Crippen molar-refractivity contribution in [3.8, 4) is 0 Å².